The van der Waals surface area contributed by atoms with Crippen molar-refractivity contribution >= 4 is 15.7 Å². The number of aromatic nitrogens is 2. The third-order valence-electron chi connectivity index (χ3n) is 3.72. The normalized spacial score (nSPS) is 19.0. The minimum atomic E-state index is -3.43. The van der Waals surface area contributed by atoms with Crippen LogP contribution in [0, 0.1) is 0 Å². The molecular formula is C14H21N3O4S. The molecule has 0 spiro atoms. The first-order chi connectivity index (χ1) is 10.4. The summed E-state index contributed by atoms with van der Waals surface area (Å²) >= 11 is 0. The summed E-state index contributed by atoms with van der Waals surface area (Å²) in [5, 5.41) is -0.256. The highest BCUT2D eigenvalue weighted by molar-refractivity contribution is 7.90. The molecule has 0 aliphatic carbocycles. The number of piperidine rings is 1. The van der Waals surface area contributed by atoms with Gasteiger partial charge in [-0.05, 0) is 25.7 Å². The van der Waals surface area contributed by atoms with Gasteiger partial charge in [-0.2, -0.15) is 0 Å². The molecule has 1 atom stereocenters. The maximum Gasteiger partial charge on any atom is 0.260 e. The smallest absolute Gasteiger partial charge is 0.260 e. The van der Waals surface area contributed by atoms with Gasteiger partial charge in [-0.15, -0.1) is 0 Å². The Morgan fingerprint density at radius 3 is 2.64 bits per heavy atom. The fourth-order valence-corrected chi connectivity index (χ4v) is 3.04. The van der Waals surface area contributed by atoms with Gasteiger partial charge in [-0.3, -0.25) is 4.79 Å². The molecule has 1 aliphatic rings. The molecule has 0 aromatic carbocycles. The standard InChI is InChI=1S/C14H21N3O4S/c1-3-11-6-4-5-7-17(11)13(18)10-21-12-8-15-14(16-9-12)22(2,19)20/h8-9,11H,3-7,10H2,1-2H3. The molecule has 1 unspecified atom stereocenters. The predicted molar refractivity (Wildman–Crippen MR) is 80.3 cm³/mol. The van der Waals surface area contributed by atoms with Crippen molar-refractivity contribution in [1.82, 2.24) is 14.9 Å². The van der Waals surface area contributed by atoms with E-state index in [9.17, 15) is 13.2 Å². The van der Waals surface area contributed by atoms with Crippen molar-refractivity contribution < 1.29 is 17.9 Å². The van der Waals surface area contributed by atoms with Crippen molar-refractivity contribution in [1.29, 1.82) is 0 Å². The summed E-state index contributed by atoms with van der Waals surface area (Å²) in [6, 6.07) is 0.286. The van der Waals surface area contributed by atoms with Gasteiger partial charge in [0.15, 0.2) is 12.4 Å². The lowest BCUT2D eigenvalue weighted by atomic mass is 10.00. The second-order valence-corrected chi connectivity index (χ2v) is 7.32. The Bertz CT molecular complexity index is 615. The van der Waals surface area contributed by atoms with Crippen LogP contribution in [0.25, 0.3) is 0 Å². The first kappa shape index (κ1) is 16.7. The number of rotatable bonds is 5. The number of hydrogen-bond donors (Lipinski definition) is 0. The number of amides is 1. The second kappa shape index (κ2) is 7.04. The SMILES string of the molecule is CCC1CCCCN1C(=O)COc1cnc(S(C)(=O)=O)nc1. The van der Waals surface area contributed by atoms with E-state index in [0.717, 1.165) is 38.5 Å². The number of hydrogen-bond acceptors (Lipinski definition) is 6. The Morgan fingerprint density at radius 2 is 2.05 bits per heavy atom. The van der Waals surface area contributed by atoms with Crippen molar-refractivity contribution in [3.8, 4) is 5.75 Å². The number of carbonyl (C=O) groups is 1. The quantitative estimate of drug-likeness (QED) is 0.751. The van der Waals surface area contributed by atoms with Crippen LogP contribution in [0.1, 0.15) is 32.6 Å². The summed E-state index contributed by atoms with van der Waals surface area (Å²) < 4.78 is 27.9. The molecule has 1 aliphatic heterocycles. The zero-order valence-electron chi connectivity index (χ0n) is 12.9. The third kappa shape index (κ3) is 4.16. The van der Waals surface area contributed by atoms with Crippen molar-refractivity contribution in [3.05, 3.63) is 12.4 Å². The number of ether oxygens (including phenoxy) is 1. The Balaban J connectivity index is 1.93. The van der Waals surface area contributed by atoms with Gasteiger partial charge in [-0.25, -0.2) is 18.4 Å². The molecule has 0 radical (unpaired) electrons. The summed E-state index contributed by atoms with van der Waals surface area (Å²) in [5.74, 6) is 0.226. The molecule has 122 valence electrons. The summed E-state index contributed by atoms with van der Waals surface area (Å²) in [5.41, 5.74) is 0. The lowest BCUT2D eigenvalue weighted by molar-refractivity contribution is -0.137. The first-order valence-corrected chi connectivity index (χ1v) is 9.25. The van der Waals surface area contributed by atoms with Gasteiger partial charge in [0.05, 0.1) is 12.4 Å². The van der Waals surface area contributed by atoms with Crippen LogP contribution in [0.3, 0.4) is 0 Å². The van der Waals surface area contributed by atoms with Crippen LogP contribution in [-0.4, -0.2) is 54.6 Å². The topological polar surface area (TPSA) is 89.5 Å². The first-order valence-electron chi connectivity index (χ1n) is 7.36. The summed E-state index contributed by atoms with van der Waals surface area (Å²) in [6.07, 6.45) is 7.73. The van der Waals surface area contributed by atoms with E-state index in [2.05, 4.69) is 16.9 Å². The van der Waals surface area contributed by atoms with Gasteiger partial charge in [0.2, 0.25) is 15.0 Å². The van der Waals surface area contributed by atoms with Crippen molar-refractivity contribution in [2.75, 3.05) is 19.4 Å². The Hall–Kier alpha value is -1.70. The molecular weight excluding hydrogens is 306 g/mol. The fourth-order valence-electron chi connectivity index (χ4n) is 2.55. The van der Waals surface area contributed by atoms with E-state index in [0.29, 0.717) is 0 Å². The number of nitrogens with zero attached hydrogens (tertiary/aromatic N) is 3. The average molecular weight is 327 g/mol. The summed E-state index contributed by atoms with van der Waals surface area (Å²) in [7, 11) is -3.43. The zero-order valence-corrected chi connectivity index (χ0v) is 13.7. The molecule has 1 amide bonds. The predicted octanol–water partition coefficient (Wildman–Crippen LogP) is 1.05. The zero-order chi connectivity index (χ0) is 16.2. The molecule has 1 fully saturated rings. The fraction of sp³-hybridized carbons (Fsp3) is 0.643. The van der Waals surface area contributed by atoms with Gasteiger partial charge < -0.3 is 9.64 Å². The highest BCUT2D eigenvalue weighted by Crippen LogP contribution is 2.19. The molecule has 1 aromatic heterocycles. The lowest BCUT2D eigenvalue weighted by Crippen LogP contribution is -2.45. The van der Waals surface area contributed by atoms with E-state index in [1.165, 1.54) is 12.4 Å². The van der Waals surface area contributed by atoms with Crippen molar-refractivity contribution in [3.63, 3.8) is 0 Å². The van der Waals surface area contributed by atoms with Gasteiger partial charge >= 0.3 is 0 Å². The van der Waals surface area contributed by atoms with Crippen molar-refractivity contribution in [2.45, 2.75) is 43.8 Å². The number of carbonyl (C=O) groups excluding carboxylic acids is 1. The van der Waals surface area contributed by atoms with Gasteiger partial charge in [0, 0.05) is 18.8 Å². The molecule has 0 N–H and O–H groups in total. The highest BCUT2D eigenvalue weighted by Gasteiger charge is 2.25. The molecule has 1 aromatic rings. The minimum Gasteiger partial charge on any atom is -0.481 e. The number of sulfone groups is 1. The monoisotopic (exact) mass is 327 g/mol. The molecule has 1 saturated heterocycles. The van der Waals surface area contributed by atoms with Crippen LogP contribution < -0.4 is 4.74 Å². The van der Waals surface area contributed by atoms with Crippen LogP contribution in [0.5, 0.6) is 5.75 Å². The van der Waals surface area contributed by atoms with Gasteiger partial charge in [0.25, 0.3) is 5.91 Å². The summed E-state index contributed by atoms with van der Waals surface area (Å²) in [6.45, 7) is 2.76. The van der Waals surface area contributed by atoms with E-state index in [1.807, 2.05) is 4.90 Å². The lowest BCUT2D eigenvalue weighted by Gasteiger charge is -2.35. The maximum absolute atomic E-state index is 12.2. The van der Waals surface area contributed by atoms with E-state index >= 15 is 0 Å². The molecule has 8 heteroatoms. The maximum atomic E-state index is 12.2. The van der Waals surface area contributed by atoms with E-state index in [1.54, 1.807) is 0 Å². The molecule has 7 nitrogen and oxygen atoms in total. The largest absolute Gasteiger partial charge is 0.481 e. The molecule has 2 rings (SSSR count). The third-order valence-corrected chi connectivity index (χ3v) is 4.59. The summed E-state index contributed by atoms with van der Waals surface area (Å²) in [4.78, 5) is 21.5. The van der Waals surface area contributed by atoms with Crippen molar-refractivity contribution in [2.24, 2.45) is 0 Å². The Labute approximate surface area is 130 Å². The van der Waals surface area contributed by atoms with Crippen LogP contribution in [0.15, 0.2) is 17.6 Å². The van der Waals surface area contributed by atoms with E-state index < -0.39 is 9.84 Å². The minimum absolute atomic E-state index is 0.0567. The Kier molecular flexibility index (Phi) is 5.33. The molecule has 22 heavy (non-hydrogen) atoms. The van der Waals surface area contributed by atoms with Crippen LogP contribution in [0.4, 0.5) is 0 Å². The molecule has 0 bridgehead atoms. The van der Waals surface area contributed by atoms with E-state index in [-0.39, 0.29) is 29.5 Å². The second-order valence-electron chi connectivity index (χ2n) is 5.41. The van der Waals surface area contributed by atoms with Crippen LogP contribution in [-0.2, 0) is 14.6 Å². The highest BCUT2D eigenvalue weighted by atomic mass is 32.2. The van der Waals surface area contributed by atoms with Gasteiger partial charge in [0.1, 0.15) is 0 Å². The molecule has 2 heterocycles. The van der Waals surface area contributed by atoms with Crippen LogP contribution in [0.2, 0.25) is 0 Å². The van der Waals surface area contributed by atoms with Crippen LogP contribution >= 0.6 is 0 Å². The molecule has 0 saturated carbocycles. The average Bonchev–Trinajstić information content (AvgIpc) is 2.52. The van der Waals surface area contributed by atoms with E-state index in [4.69, 9.17) is 4.74 Å². The Morgan fingerprint density at radius 1 is 1.36 bits per heavy atom. The number of likely N-dealkylation sites (tertiary alicyclic amines) is 1. The van der Waals surface area contributed by atoms with Gasteiger partial charge in [-0.1, -0.05) is 6.92 Å².